The average molecular weight is 306 g/mol. The third-order valence-corrected chi connectivity index (χ3v) is 3.44. The number of aromatic nitrogens is 1. The molecule has 3 aromatic rings. The molecule has 2 aromatic carbocycles. The van der Waals surface area contributed by atoms with Gasteiger partial charge in [-0.2, -0.15) is 0 Å². The first-order valence-corrected chi connectivity index (χ1v) is 7.26. The van der Waals surface area contributed by atoms with Crippen molar-refractivity contribution in [3.8, 4) is 11.3 Å². The molecule has 0 aliphatic heterocycles. The van der Waals surface area contributed by atoms with E-state index in [2.05, 4.69) is 10.3 Å². The molecule has 0 aliphatic carbocycles. The van der Waals surface area contributed by atoms with Gasteiger partial charge in [-0.05, 0) is 29.8 Å². The van der Waals surface area contributed by atoms with Crippen LogP contribution < -0.4 is 5.32 Å². The summed E-state index contributed by atoms with van der Waals surface area (Å²) in [5.74, 6) is -0.549. The molecule has 0 atom stereocenters. The molecule has 3 nitrogen and oxygen atoms in total. The summed E-state index contributed by atoms with van der Waals surface area (Å²) in [6, 6.07) is 19.5. The van der Waals surface area contributed by atoms with Crippen molar-refractivity contribution in [3.63, 3.8) is 0 Å². The molecule has 23 heavy (non-hydrogen) atoms. The van der Waals surface area contributed by atoms with Crippen LogP contribution in [0.3, 0.4) is 0 Å². The van der Waals surface area contributed by atoms with Crippen molar-refractivity contribution in [2.45, 2.75) is 6.54 Å². The lowest BCUT2D eigenvalue weighted by Gasteiger charge is -2.06. The van der Waals surface area contributed by atoms with Crippen LogP contribution in [0.15, 0.2) is 72.9 Å². The molecule has 0 radical (unpaired) electrons. The predicted octanol–water partition coefficient (Wildman–Crippen LogP) is 3.82. The van der Waals surface area contributed by atoms with Gasteiger partial charge in [0, 0.05) is 18.3 Å². The quantitative estimate of drug-likeness (QED) is 0.796. The number of carbonyl (C=O) groups excluding carboxylic acids is 1. The third kappa shape index (κ3) is 3.80. The van der Waals surface area contributed by atoms with E-state index in [0.29, 0.717) is 11.1 Å². The van der Waals surface area contributed by atoms with E-state index >= 15 is 0 Å². The molecular formula is C19H15FN2O. The summed E-state index contributed by atoms with van der Waals surface area (Å²) in [5.41, 5.74) is 3.00. The van der Waals surface area contributed by atoms with Gasteiger partial charge in [-0.3, -0.25) is 9.78 Å². The zero-order valence-electron chi connectivity index (χ0n) is 12.4. The Kier molecular flexibility index (Phi) is 4.43. The van der Waals surface area contributed by atoms with E-state index in [1.165, 1.54) is 12.1 Å². The van der Waals surface area contributed by atoms with Crippen LogP contribution in [0.5, 0.6) is 0 Å². The Bertz CT molecular complexity index is 801. The fourth-order valence-corrected chi connectivity index (χ4v) is 2.24. The monoisotopic (exact) mass is 306 g/mol. The van der Waals surface area contributed by atoms with E-state index in [-0.39, 0.29) is 18.3 Å². The van der Waals surface area contributed by atoms with Gasteiger partial charge in [0.1, 0.15) is 5.82 Å². The topological polar surface area (TPSA) is 42.0 Å². The highest BCUT2D eigenvalue weighted by Crippen LogP contribution is 2.16. The molecule has 114 valence electrons. The van der Waals surface area contributed by atoms with Crippen LogP contribution in [-0.2, 0) is 6.54 Å². The van der Waals surface area contributed by atoms with Gasteiger partial charge >= 0.3 is 0 Å². The molecule has 1 N–H and O–H groups in total. The van der Waals surface area contributed by atoms with E-state index in [1.54, 1.807) is 24.4 Å². The molecule has 0 aliphatic rings. The SMILES string of the molecule is O=C(NCc1cccc(F)c1)c1ccc(-c2ccccc2)nc1. The summed E-state index contributed by atoms with van der Waals surface area (Å²) >= 11 is 0. The maximum atomic E-state index is 13.1. The number of hydrogen-bond acceptors (Lipinski definition) is 2. The van der Waals surface area contributed by atoms with Crippen molar-refractivity contribution < 1.29 is 9.18 Å². The lowest BCUT2D eigenvalue weighted by Crippen LogP contribution is -2.22. The zero-order valence-corrected chi connectivity index (χ0v) is 12.4. The second-order valence-electron chi connectivity index (χ2n) is 5.11. The van der Waals surface area contributed by atoms with Gasteiger partial charge in [0.05, 0.1) is 11.3 Å². The highest BCUT2D eigenvalue weighted by Gasteiger charge is 2.07. The second kappa shape index (κ2) is 6.83. The number of nitrogens with zero attached hydrogens (tertiary/aromatic N) is 1. The lowest BCUT2D eigenvalue weighted by molar-refractivity contribution is 0.0950. The molecular weight excluding hydrogens is 291 g/mol. The molecule has 0 unspecified atom stereocenters. The zero-order chi connectivity index (χ0) is 16.1. The molecule has 1 heterocycles. The summed E-state index contributed by atoms with van der Waals surface area (Å²) in [4.78, 5) is 16.4. The number of amides is 1. The number of nitrogens with one attached hydrogen (secondary N) is 1. The van der Waals surface area contributed by atoms with Crippen LogP contribution >= 0.6 is 0 Å². The van der Waals surface area contributed by atoms with Crippen molar-refractivity contribution in [1.29, 1.82) is 0 Å². The minimum absolute atomic E-state index is 0.235. The van der Waals surface area contributed by atoms with Crippen LogP contribution in [0.25, 0.3) is 11.3 Å². The predicted molar refractivity (Wildman–Crippen MR) is 87.2 cm³/mol. The van der Waals surface area contributed by atoms with Gasteiger partial charge in [-0.25, -0.2) is 4.39 Å². The summed E-state index contributed by atoms with van der Waals surface area (Å²) < 4.78 is 13.1. The summed E-state index contributed by atoms with van der Waals surface area (Å²) in [6.07, 6.45) is 1.54. The third-order valence-electron chi connectivity index (χ3n) is 3.44. The molecule has 1 aromatic heterocycles. The van der Waals surface area contributed by atoms with E-state index in [4.69, 9.17) is 0 Å². The van der Waals surface area contributed by atoms with E-state index in [1.807, 2.05) is 36.4 Å². The van der Waals surface area contributed by atoms with Gasteiger partial charge < -0.3 is 5.32 Å². The molecule has 0 spiro atoms. The van der Waals surface area contributed by atoms with Crippen molar-refractivity contribution in [2.75, 3.05) is 0 Å². The van der Waals surface area contributed by atoms with Crippen LogP contribution in [0.1, 0.15) is 15.9 Å². The minimum atomic E-state index is -0.314. The summed E-state index contributed by atoms with van der Waals surface area (Å²) in [5, 5.41) is 2.76. The van der Waals surface area contributed by atoms with Crippen LogP contribution in [-0.4, -0.2) is 10.9 Å². The number of hydrogen-bond donors (Lipinski definition) is 1. The Balaban J connectivity index is 1.66. The average Bonchev–Trinajstić information content (AvgIpc) is 2.61. The van der Waals surface area contributed by atoms with Crippen LogP contribution in [0.4, 0.5) is 4.39 Å². The van der Waals surface area contributed by atoms with Gasteiger partial charge in [0.15, 0.2) is 0 Å². The van der Waals surface area contributed by atoms with Crippen molar-refractivity contribution in [2.24, 2.45) is 0 Å². The molecule has 0 bridgehead atoms. The first kappa shape index (κ1) is 14.9. The molecule has 1 amide bonds. The number of pyridine rings is 1. The highest BCUT2D eigenvalue weighted by molar-refractivity contribution is 5.94. The van der Waals surface area contributed by atoms with E-state index in [9.17, 15) is 9.18 Å². The minimum Gasteiger partial charge on any atom is -0.348 e. The normalized spacial score (nSPS) is 10.3. The molecule has 4 heteroatoms. The highest BCUT2D eigenvalue weighted by atomic mass is 19.1. The molecule has 0 saturated carbocycles. The fraction of sp³-hybridized carbons (Fsp3) is 0.0526. The number of benzene rings is 2. The standard InChI is InChI=1S/C19H15FN2O/c20-17-8-4-5-14(11-17)12-22-19(23)16-9-10-18(21-13-16)15-6-2-1-3-7-15/h1-11,13H,12H2,(H,22,23). The van der Waals surface area contributed by atoms with Crippen LogP contribution in [0.2, 0.25) is 0 Å². The Morgan fingerprint density at radius 1 is 1.00 bits per heavy atom. The molecule has 3 rings (SSSR count). The molecule has 0 fully saturated rings. The van der Waals surface area contributed by atoms with E-state index < -0.39 is 0 Å². The van der Waals surface area contributed by atoms with Gasteiger partial charge in [0.2, 0.25) is 0 Å². The second-order valence-corrected chi connectivity index (χ2v) is 5.11. The van der Waals surface area contributed by atoms with Crippen LogP contribution in [0, 0.1) is 5.82 Å². The van der Waals surface area contributed by atoms with Crippen molar-refractivity contribution >= 4 is 5.91 Å². The van der Waals surface area contributed by atoms with Crippen molar-refractivity contribution in [3.05, 3.63) is 89.9 Å². The Morgan fingerprint density at radius 2 is 1.83 bits per heavy atom. The first-order chi connectivity index (χ1) is 11.2. The number of carbonyl (C=O) groups is 1. The number of rotatable bonds is 4. The van der Waals surface area contributed by atoms with Crippen molar-refractivity contribution in [1.82, 2.24) is 10.3 Å². The maximum absolute atomic E-state index is 13.1. The van der Waals surface area contributed by atoms with Gasteiger partial charge in [0.25, 0.3) is 5.91 Å². The lowest BCUT2D eigenvalue weighted by atomic mass is 10.1. The summed E-state index contributed by atoms with van der Waals surface area (Å²) in [7, 11) is 0. The summed E-state index contributed by atoms with van der Waals surface area (Å²) in [6.45, 7) is 0.275. The Labute approximate surface area is 133 Å². The fourth-order valence-electron chi connectivity index (χ4n) is 2.24. The van der Waals surface area contributed by atoms with Gasteiger partial charge in [-0.15, -0.1) is 0 Å². The smallest absolute Gasteiger partial charge is 0.253 e. The van der Waals surface area contributed by atoms with E-state index in [0.717, 1.165) is 11.3 Å². The number of halogens is 1. The van der Waals surface area contributed by atoms with Gasteiger partial charge in [-0.1, -0.05) is 42.5 Å². The Morgan fingerprint density at radius 3 is 2.52 bits per heavy atom. The maximum Gasteiger partial charge on any atom is 0.253 e. The largest absolute Gasteiger partial charge is 0.348 e. The molecule has 0 saturated heterocycles. The first-order valence-electron chi connectivity index (χ1n) is 7.26. The Hall–Kier alpha value is -3.01.